The van der Waals surface area contributed by atoms with E-state index in [1.165, 1.54) is 18.4 Å². The van der Waals surface area contributed by atoms with Crippen molar-refractivity contribution in [3.05, 3.63) is 16.0 Å². The van der Waals surface area contributed by atoms with Crippen LogP contribution in [0.3, 0.4) is 0 Å². The lowest BCUT2D eigenvalue weighted by Gasteiger charge is -2.20. The summed E-state index contributed by atoms with van der Waals surface area (Å²) < 4.78 is 4.95. The summed E-state index contributed by atoms with van der Waals surface area (Å²) in [5.74, 6) is -0.197. The molecular formula is C20H31N3O4S. The molecule has 1 aliphatic rings. The molecule has 28 heavy (non-hydrogen) atoms. The Morgan fingerprint density at radius 2 is 1.93 bits per heavy atom. The van der Waals surface area contributed by atoms with Crippen LogP contribution in [0.1, 0.15) is 54.9 Å². The smallest absolute Gasteiger partial charge is 0.341 e. The number of thiophene rings is 1. The van der Waals surface area contributed by atoms with Gasteiger partial charge in [-0.2, -0.15) is 0 Å². The number of anilines is 1. The van der Waals surface area contributed by atoms with Crippen molar-refractivity contribution in [3.63, 3.8) is 0 Å². The van der Waals surface area contributed by atoms with Crippen LogP contribution in [0.5, 0.6) is 0 Å². The van der Waals surface area contributed by atoms with Gasteiger partial charge in [0.05, 0.1) is 25.8 Å². The second kappa shape index (κ2) is 10.0. The summed E-state index contributed by atoms with van der Waals surface area (Å²) in [6, 6.07) is 0.0578. The molecule has 0 unspecified atom stereocenters. The first-order valence-corrected chi connectivity index (χ1v) is 10.6. The third-order valence-corrected chi connectivity index (χ3v) is 5.96. The molecule has 1 aliphatic carbocycles. The van der Waals surface area contributed by atoms with Crippen molar-refractivity contribution in [2.45, 2.75) is 53.0 Å². The second-order valence-electron chi connectivity index (χ2n) is 7.62. The standard InChI is InChI=1S/C20H31N3O4S/c1-6-23(10-16(24)21-12(2)3)11-17(25)22-19-18(20(26)27-5)14-8-7-13(4)9-15(14)28-19/h12-13H,6-11H2,1-5H3,(H,21,24)(H,22,25)/t13-/m0/s1. The molecule has 156 valence electrons. The minimum Gasteiger partial charge on any atom is -0.465 e. The molecule has 1 aromatic rings. The fourth-order valence-corrected chi connectivity index (χ4v) is 4.79. The molecule has 1 atom stereocenters. The van der Waals surface area contributed by atoms with E-state index in [0.29, 0.717) is 23.0 Å². The summed E-state index contributed by atoms with van der Waals surface area (Å²) in [6.45, 7) is 8.71. The fourth-order valence-electron chi connectivity index (χ4n) is 3.38. The Morgan fingerprint density at radius 3 is 2.54 bits per heavy atom. The number of amides is 2. The van der Waals surface area contributed by atoms with E-state index in [9.17, 15) is 14.4 Å². The molecule has 0 fully saturated rings. The minimum atomic E-state index is -0.411. The van der Waals surface area contributed by atoms with Crippen LogP contribution in [0.2, 0.25) is 0 Å². The summed E-state index contributed by atoms with van der Waals surface area (Å²) in [5, 5.41) is 6.26. The zero-order chi connectivity index (χ0) is 20.8. The van der Waals surface area contributed by atoms with Gasteiger partial charge < -0.3 is 15.4 Å². The van der Waals surface area contributed by atoms with Gasteiger partial charge in [0, 0.05) is 10.9 Å². The van der Waals surface area contributed by atoms with E-state index < -0.39 is 5.97 Å². The number of methoxy groups -OCH3 is 1. The first kappa shape index (κ1) is 22.4. The lowest BCUT2D eigenvalue weighted by Crippen LogP contribution is -2.42. The van der Waals surface area contributed by atoms with Gasteiger partial charge in [0.15, 0.2) is 0 Å². The molecule has 0 spiro atoms. The molecule has 0 saturated carbocycles. The fraction of sp³-hybridized carbons (Fsp3) is 0.650. The first-order chi connectivity index (χ1) is 13.2. The van der Waals surface area contributed by atoms with Crippen LogP contribution in [-0.2, 0) is 27.2 Å². The van der Waals surface area contributed by atoms with Crippen LogP contribution < -0.4 is 10.6 Å². The van der Waals surface area contributed by atoms with Crippen molar-refractivity contribution >= 4 is 34.1 Å². The second-order valence-corrected chi connectivity index (χ2v) is 8.73. The van der Waals surface area contributed by atoms with Gasteiger partial charge in [-0.1, -0.05) is 13.8 Å². The molecule has 0 aliphatic heterocycles. The number of esters is 1. The number of hydrogen-bond donors (Lipinski definition) is 2. The highest BCUT2D eigenvalue weighted by Gasteiger charge is 2.29. The Hall–Kier alpha value is -1.93. The molecule has 1 heterocycles. The Morgan fingerprint density at radius 1 is 1.25 bits per heavy atom. The Bertz CT molecular complexity index is 729. The van der Waals surface area contributed by atoms with E-state index in [2.05, 4.69) is 17.6 Å². The molecular weight excluding hydrogens is 378 g/mol. The number of nitrogens with one attached hydrogen (secondary N) is 2. The van der Waals surface area contributed by atoms with Crippen molar-refractivity contribution < 1.29 is 19.1 Å². The molecule has 7 nitrogen and oxygen atoms in total. The predicted molar refractivity (Wildman–Crippen MR) is 111 cm³/mol. The van der Waals surface area contributed by atoms with Gasteiger partial charge in [0.2, 0.25) is 11.8 Å². The molecule has 0 bridgehead atoms. The maximum absolute atomic E-state index is 12.6. The molecule has 0 aromatic carbocycles. The maximum Gasteiger partial charge on any atom is 0.341 e. The van der Waals surface area contributed by atoms with E-state index >= 15 is 0 Å². The SMILES string of the molecule is CCN(CC(=O)Nc1sc2c(c1C(=O)OC)CC[C@H](C)C2)CC(=O)NC(C)C. The molecule has 0 radical (unpaired) electrons. The highest BCUT2D eigenvalue weighted by atomic mass is 32.1. The summed E-state index contributed by atoms with van der Waals surface area (Å²) in [7, 11) is 1.36. The molecule has 2 amide bonds. The number of hydrogen-bond acceptors (Lipinski definition) is 6. The third kappa shape index (κ3) is 5.78. The van der Waals surface area contributed by atoms with Crippen molar-refractivity contribution in [1.29, 1.82) is 0 Å². The molecule has 2 N–H and O–H groups in total. The van der Waals surface area contributed by atoms with Crippen LogP contribution in [0.15, 0.2) is 0 Å². The van der Waals surface area contributed by atoms with E-state index in [4.69, 9.17) is 4.74 Å². The monoisotopic (exact) mass is 409 g/mol. The van der Waals surface area contributed by atoms with Gasteiger partial charge in [-0.25, -0.2) is 4.79 Å². The minimum absolute atomic E-state index is 0.0578. The van der Waals surface area contributed by atoms with Crippen molar-refractivity contribution in [2.24, 2.45) is 5.92 Å². The number of likely N-dealkylation sites (N-methyl/N-ethyl adjacent to an activating group) is 1. The average Bonchev–Trinajstić information content (AvgIpc) is 2.96. The normalized spacial score (nSPS) is 16.0. The van der Waals surface area contributed by atoms with E-state index in [0.717, 1.165) is 29.7 Å². The number of nitrogens with zero attached hydrogens (tertiary/aromatic N) is 1. The topological polar surface area (TPSA) is 87.7 Å². The van der Waals surface area contributed by atoms with Crippen LogP contribution in [0, 0.1) is 5.92 Å². The largest absolute Gasteiger partial charge is 0.465 e. The van der Waals surface area contributed by atoms with Gasteiger partial charge in [-0.3, -0.25) is 14.5 Å². The van der Waals surface area contributed by atoms with Crippen LogP contribution >= 0.6 is 11.3 Å². The average molecular weight is 410 g/mol. The number of ether oxygens (including phenoxy) is 1. The Kier molecular flexibility index (Phi) is 8.00. The summed E-state index contributed by atoms with van der Waals surface area (Å²) >= 11 is 1.46. The Balaban J connectivity index is 2.10. The highest BCUT2D eigenvalue weighted by Crippen LogP contribution is 2.40. The van der Waals surface area contributed by atoms with E-state index in [-0.39, 0.29) is 30.9 Å². The van der Waals surface area contributed by atoms with Crippen LogP contribution in [0.25, 0.3) is 0 Å². The summed E-state index contributed by atoms with van der Waals surface area (Å²) in [4.78, 5) is 39.8. The molecule has 1 aromatic heterocycles. The molecule has 2 rings (SSSR count). The van der Waals surface area contributed by atoms with Gasteiger partial charge >= 0.3 is 5.97 Å². The predicted octanol–water partition coefficient (Wildman–Crippen LogP) is 2.44. The molecule has 0 saturated heterocycles. The van der Waals surface area contributed by atoms with Gasteiger partial charge in [0.1, 0.15) is 5.00 Å². The van der Waals surface area contributed by atoms with Gasteiger partial charge in [-0.05, 0) is 51.1 Å². The number of carbonyl (C=O) groups excluding carboxylic acids is 3. The lowest BCUT2D eigenvalue weighted by molar-refractivity contribution is -0.123. The maximum atomic E-state index is 12.6. The van der Waals surface area contributed by atoms with Crippen molar-refractivity contribution in [1.82, 2.24) is 10.2 Å². The van der Waals surface area contributed by atoms with Crippen LogP contribution in [-0.4, -0.2) is 55.5 Å². The van der Waals surface area contributed by atoms with Gasteiger partial charge in [-0.15, -0.1) is 11.3 Å². The summed E-state index contributed by atoms with van der Waals surface area (Å²) in [6.07, 6.45) is 2.76. The van der Waals surface area contributed by atoms with E-state index in [1.807, 2.05) is 20.8 Å². The number of rotatable bonds is 8. The number of fused-ring (bicyclic) bond motifs is 1. The third-order valence-electron chi connectivity index (χ3n) is 4.79. The van der Waals surface area contributed by atoms with Gasteiger partial charge in [0.25, 0.3) is 0 Å². The quantitative estimate of drug-likeness (QED) is 0.644. The van der Waals surface area contributed by atoms with Crippen molar-refractivity contribution in [3.8, 4) is 0 Å². The zero-order valence-corrected chi connectivity index (χ0v) is 18.2. The Labute approximate surface area is 170 Å². The lowest BCUT2D eigenvalue weighted by atomic mass is 9.88. The highest BCUT2D eigenvalue weighted by molar-refractivity contribution is 7.17. The molecule has 8 heteroatoms. The number of carbonyl (C=O) groups is 3. The van der Waals surface area contributed by atoms with Crippen molar-refractivity contribution in [2.75, 3.05) is 32.1 Å². The summed E-state index contributed by atoms with van der Waals surface area (Å²) in [5.41, 5.74) is 1.50. The van der Waals surface area contributed by atoms with Crippen LogP contribution in [0.4, 0.5) is 5.00 Å². The van der Waals surface area contributed by atoms with E-state index in [1.54, 1.807) is 4.90 Å². The first-order valence-electron chi connectivity index (χ1n) is 9.79. The zero-order valence-electron chi connectivity index (χ0n) is 17.4.